The van der Waals surface area contributed by atoms with Crippen LogP contribution in [-0.4, -0.2) is 10.9 Å². The third kappa shape index (κ3) is 3.03. The highest BCUT2D eigenvalue weighted by atomic mass is 16.2. The fraction of sp³-hybridized carbons (Fsp3) is 0.250. The van der Waals surface area contributed by atoms with Gasteiger partial charge in [0.2, 0.25) is 5.91 Å². The normalized spacial score (nSPS) is 15.2. The van der Waals surface area contributed by atoms with Gasteiger partial charge in [-0.3, -0.25) is 9.78 Å². The monoisotopic (exact) mass is 269 g/mol. The number of nitrogens with two attached hydrogens (primary N) is 1. The Hall–Kier alpha value is -2.20. The molecule has 2 unspecified atom stereocenters. The van der Waals surface area contributed by atoms with Crippen molar-refractivity contribution in [1.29, 1.82) is 0 Å². The summed E-state index contributed by atoms with van der Waals surface area (Å²) in [5, 5.41) is 2.91. The molecule has 0 aliphatic heterocycles. The summed E-state index contributed by atoms with van der Waals surface area (Å²) in [6, 6.07) is 14.8. The van der Waals surface area contributed by atoms with Crippen molar-refractivity contribution in [3.8, 4) is 0 Å². The predicted molar refractivity (Wildman–Crippen MR) is 78.8 cm³/mol. The van der Waals surface area contributed by atoms with E-state index < -0.39 is 5.54 Å². The number of carbonyl (C=O) groups excluding carboxylic acids is 1. The minimum Gasteiger partial charge on any atom is -0.346 e. The van der Waals surface area contributed by atoms with Crippen molar-refractivity contribution in [2.24, 2.45) is 5.73 Å². The van der Waals surface area contributed by atoms with Crippen LogP contribution in [0.5, 0.6) is 0 Å². The van der Waals surface area contributed by atoms with E-state index in [0.29, 0.717) is 0 Å². The predicted octanol–water partition coefficient (Wildman–Crippen LogP) is 2.13. The van der Waals surface area contributed by atoms with Crippen molar-refractivity contribution in [2.45, 2.75) is 25.4 Å². The molecule has 2 aromatic rings. The van der Waals surface area contributed by atoms with Gasteiger partial charge in [0.1, 0.15) is 5.54 Å². The second-order valence-electron chi connectivity index (χ2n) is 5.02. The van der Waals surface area contributed by atoms with Crippen molar-refractivity contribution >= 4 is 5.91 Å². The summed E-state index contributed by atoms with van der Waals surface area (Å²) in [5.41, 5.74) is 6.70. The van der Waals surface area contributed by atoms with Gasteiger partial charge in [-0.05, 0) is 31.5 Å². The minimum absolute atomic E-state index is 0.185. The molecule has 1 heterocycles. The molecule has 4 heteroatoms. The van der Waals surface area contributed by atoms with E-state index in [1.165, 1.54) is 0 Å². The van der Waals surface area contributed by atoms with Crippen molar-refractivity contribution < 1.29 is 4.79 Å². The summed E-state index contributed by atoms with van der Waals surface area (Å²) in [5.74, 6) is -0.221. The zero-order valence-electron chi connectivity index (χ0n) is 11.7. The van der Waals surface area contributed by atoms with Gasteiger partial charge in [-0.25, -0.2) is 0 Å². The van der Waals surface area contributed by atoms with Crippen LogP contribution in [0.15, 0.2) is 54.7 Å². The zero-order chi connectivity index (χ0) is 14.6. The molecule has 0 fully saturated rings. The Bertz CT molecular complexity index is 567. The molecule has 1 aromatic heterocycles. The molecule has 0 aliphatic rings. The topological polar surface area (TPSA) is 68.0 Å². The van der Waals surface area contributed by atoms with E-state index in [2.05, 4.69) is 10.3 Å². The Kier molecular flexibility index (Phi) is 4.15. The molecule has 0 saturated heterocycles. The Balaban J connectivity index is 2.12. The van der Waals surface area contributed by atoms with Crippen LogP contribution in [-0.2, 0) is 10.3 Å². The van der Waals surface area contributed by atoms with Crippen LogP contribution in [0.3, 0.4) is 0 Å². The quantitative estimate of drug-likeness (QED) is 0.893. The first-order valence-electron chi connectivity index (χ1n) is 6.58. The molecular formula is C16H19N3O. The molecule has 0 aliphatic carbocycles. The second kappa shape index (κ2) is 5.84. The van der Waals surface area contributed by atoms with E-state index in [-0.39, 0.29) is 11.9 Å². The molecule has 0 saturated carbocycles. The fourth-order valence-corrected chi connectivity index (χ4v) is 1.97. The molecule has 2 atom stereocenters. The number of nitrogens with one attached hydrogen (secondary N) is 1. The van der Waals surface area contributed by atoms with Gasteiger partial charge < -0.3 is 11.1 Å². The zero-order valence-corrected chi connectivity index (χ0v) is 11.7. The molecule has 0 bridgehead atoms. The second-order valence-corrected chi connectivity index (χ2v) is 5.02. The van der Waals surface area contributed by atoms with E-state index in [1.54, 1.807) is 13.1 Å². The first-order valence-corrected chi connectivity index (χ1v) is 6.58. The van der Waals surface area contributed by atoms with Crippen LogP contribution in [0.1, 0.15) is 31.1 Å². The molecule has 3 N–H and O–H groups in total. The highest BCUT2D eigenvalue weighted by molar-refractivity contribution is 5.87. The Morgan fingerprint density at radius 3 is 2.45 bits per heavy atom. The van der Waals surface area contributed by atoms with E-state index in [4.69, 9.17) is 5.73 Å². The van der Waals surface area contributed by atoms with Crippen LogP contribution in [0, 0.1) is 0 Å². The maximum absolute atomic E-state index is 12.4. The Morgan fingerprint density at radius 2 is 1.85 bits per heavy atom. The molecule has 2 rings (SSSR count). The summed E-state index contributed by atoms with van der Waals surface area (Å²) >= 11 is 0. The standard InChI is InChI=1S/C16H19N3O/c1-12(14-10-6-7-11-18-14)19-15(20)16(2,17)13-8-4-3-5-9-13/h3-12H,17H2,1-2H3,(H,19,20). The van der Waals surface area contributed by atoms with Gasteiger partial charge in [-0.15, -0.1) is 0 Å². The lowest BCUT2D eigenvalue weighted by atomic mass is 9.92. The van der Waals surface area contributed by atoms with Gasteiger partial charge >= 0.3 is 0 Å². The van der Waals surface area contributed by atoms with E-state index in [1.807, 2.05) is 55.5 Å². The molecule has 0 spiro atoms. The van der Waals surface area contributed by atoms with Gasteiger partial charge in [0, 0.05) is 6.20 Å². The number of pyridine rings is 1. The van der Waals surface area contributed by atoms with Crippen molar-refractivity contribution in [2.75, 3.05) is 0 Å². The minimum atomic E-state index is -1.07. The van der Waals surface area contributed by atoms with Crippen LogP contribution in [0.2, 0.25) is 0 Å². The lowest BCUT2D eigenvalue weighted by Gasteiger charge is -2.26. The average molecular weight is 269 g/mol. The molecule has 4 nitrogen and oxygen atoms in total. The van der Waals surface area contributed by atoms with Crippen molar-refractivity contribution in [3.63, 3.8) is 0 Å². The number of carbonyl (C=O) groups is 1. The summed E-state index contributed by atoms with van der Waals surface area (Å²) in [4.78, 5) is 16.6. The van der Waals surface area contributed by atoms with Crippen LogP contribution in [0.25, 0.3) is 0 Å². The maximum Gasteiger partial charge on any atom is 0.244 e. The van der Waals surface area contributed by atoms with E-state index >= 15 is 0 Å². The van der Waals surface area contributed by atoms with Crippen LogP contribution < -0.4 is 11.1 Å². The van der Waals surface area contributed by atoms with Gasteiger partial charge in [0.25, 0.3) is 0 Å². The Morgan fingerprint density at radius 1 is 1.20 bits per heavy atom. The summed E-state index contributed by atoms with van der Waals surface area (Å²) in [6.07, 6.45) is 1.71. The highest BCUT2D eigenvalue weighted by Crippen LogP contribution is 2.19. The lowest BCUT2D eigenvalue weighted by Crippen LogP contribution is -2.49. The summed E-state index contributed by atoms with van der Waals surface area (Å²) in [6.45, 7) is 3.60. The highest BCUT2D eigenvalue weighted by Gasteiger charge is 2.31. The molecule has 1 amide bonds. The van der Waals surface area contributed by atoms with E-state index in [0.717, 1.165) is 11.3 Å². The molecule has 1 aromatic carbocycles. The van der Waals surface area contributed by atoms with Gasteiger partial charge in [0.15, 0.2) is 0 Å². The molecular weight excluding hydrogens is 250 g/mol. The molecule has 104 valence electrons. The number of rotatable bonds is 4. The maximum atomic E-state index is 12.4. The number of amides is 1. The Labute approximate surface area is 119 Å². The van der Waals surface area contributed by atoms with Gasteiger partial charge in [-0.2, -0.15) is 0 Å². The molecule has 20 heavy (non-hydrogen) atoms. The SMILES string of the molecule is CC(NC(=O)C(C)(N)c1ccccc1)c1ccccn1. The number of aromatic nitrogens is 1. The number of benzene rings is 1. The number of hydrogen-bond acceptors (Lipinski definition) is 3. The number of hydrogen-bond donors (Lipinski definition) is 2. The fourth-order valence-electron chi connectivity index (χ4n) is 1.97. The lowest BCUT2D eigenvalue weighted by molar-refractivity contribution is -0.126. The average Bonchev–Trinajstić information content (AvgIpc) is 2.49. The molecule has 0 radical (unpaired) electrons. The third-order valence-electron chi connectivity index (χ3n) is 3.32. The largest absolute Gasteiger partial charge is 0.346 e. The van der Waals surface area contributed by atoms with Crippen molar-refractivity contribution in [1.82, 2.24) is 10.3 Å². The van der Waals surface area contributed by atoms with Crippen LogP contribution in [0.4, 0.5) is 0 Å². The van der Waals surface area contributed by atoms with Gasteiger partial charge in [-0.1, -0.05) is 36.4 Å². The summed E-state index contributed by atoms with van der Waals surface area (Å²) in [7, 11) is 0. The third-order valence-corrected chi connectivity index (χ3v) is 3.32. The first kappa shape index (κ1) is 14.2. The van der Waals surface area contributed by atoms with Crippen LogP contribution >= 0.6 is 0 Å². The van der Waals surface area contributed by atoms with Gasteiger partial charge in [0.05, 0.1) is 11.7 Å². The number of nitrogens with zero attached hydrogens (tertiary/aromatic N) is 1. The first-order chi connectivity index (χ1) is 9.51. The smallest absolute Gasteiger partial charge is 0.244 e. The van der Waals surface area contributed by atoms with E-state index in [9.17, 15) is 4.79 Å². The van der Waals surface area contributed by atoms with Crippen molar-refractivity contribution in [3.05, 3.63) is 66.0 Å². The summed E-state index contributed by atoms with van der Waals surface area (Å²) < 4.78 is 0.